The SMILES string of the molecule is CO[Si](C)(C)C(C)[Si](C)(C)CCCO. The molecule has 1 atom stereocenters. The Morgan fingerprint density at radius 2 is 1.71 bits per heavy atom. The molecule has 0 bridgehead atoms. The van der Waals surface area contributed by atoms with Gasteiger partial charge in [0.2, 0.25) is 0 Å². The number of aliphatic hydroxyl groups is 1. The molecule has 0 saturated carbocycles. The van der Waals surface area contributed by atoms with Gasteiger partial charge in [0.15, 0.2) is 8.32 Å². The van der Waals surface area contributed by atoms with Gasteiger partial charge >= 0.3 is 0 Å². The Kier molecular flexibility index (Phi) is 5.58. The highest BCUT2D eigenvalue weighted by molar-refractivity contribution is 6.94. The van der Waals surface area contributed by atoms with Crippen LogP contribution in [0.2, 0.25) is 37.4 Å². The van der Waals surface area contributed by atoms with Gasteiger partial charge in [0.05, 0.1) is 0 Å². The van der Waals surface area contributed by atoms with E-state index in [-0.39, 0.29) is 0 Å². The van der Waals surface area contributed by atoms with Crippen LogP contribution in [-0.2, 0) is 4.43 Å². The van der Waals surface area contributed by atoms with E-state index >= 15 is 0 Å². The first-order chi connectivity index (χ1) is 6.28. The fourth-order valence-corrected chi connectivity index (χ4v) is 12.0. The van der Waals surface area contributed by atoms with E-state index in [0.717, 1.165) is 11.6 Å². The number of hydrogen-bond donors (Lipinski definition) is 1. The average Bonchev–Trinajstić information content (AvgIpc) is 2.13. The summed E-state index contributed by atoms with van der Waals surface area (Å²) in [5, 5.41) is 9.62. The number of aliphatic hydroxyl groups excluding tert-OH is 1. The summed E-state index contributed by atoms with van der Waals surface area (Å²) in [7, 11) is -0.847. The molecule has 0 fully saturated rings. The van der Waals surface area contributed by atoms with E-state index in [4.69, 9.17) is 9.53 Å². The first-order valence-corrected chi connectivity index (χ1v) is 11.7. The molecule has 0 aliphatic rings. The zero-order valence-electron chi connectivity index (χ0n) is 10.6. The van der Waals surface area contributed by atoms with Crippen molar-refractivity contribution < 1.29 is 9.53 Å². The summed E-state index contributed by atoms with van der Waals surface area (Å²) in [6.07, 6.45) is 0.956. The van der Waals surface area contributed by atoms with E-state index in [2.05, 4.69) is 33.1 Å². The van der Waals surface area contributed by atoms with Crippen molar-refractivity contribution in [3.8, 4) is 0 Å². The van der Waals surface area contributed by atoms with E-state index in [9.17, 15) is 0 Å². The van der Waals surface area contributed by atoms with Gasteiger partial charge in [-0.2, -0.15) is 0 Å². The summed E-state index contributed by atoms with van der Waals surface area (Å²) < 4.78 is 5.68. The molecule has 0 spiro atoms. The Hall–Kier alpha value is 0.354. The number of rotatable bonds is 6. The van der Waals surface area contributed by atoms with Crippen LogP contribution >= 0.6 is 0 Å². The third-order valence-electron chi connectivity index (χ3n) is 3.72. The highest BCUT2D eigenvalue weighted by Gasteiger charge is 2.40. The molecule has 14 heavy (non-hydrogen) atoms. The molecule has 0 aliphatic carbocycles. The first-order valence-electron chi connectivity index (χ1n) is 5.44. The third-order valence-corrected chi connectivity index (χ3v) is 15.3. The maximum Gasteiger partial charge on any atom is 0.186 e. The maximum atomic E-state index is 8.87. The lowest BCUT2D eigenvalue weighted by atomic mass is 10.5. The lowest BCUT2D eigenvalue weighted by Crippen LogP contribution is -2.47. The van der Waals surface area contributed by atoms with Gasteiger partial charge in [-0.3, -0.25) is 0 Å². The van der Waals surface area contributed by atoms with Crippen LogP contribution in [0.15, 0.2) is 0 Å². The molecular weight excluding hydrogens is 208 g/mol. The molecule has 2 nitrogen and oxygen atoms in total. The molecule has 0 aliphatic heterocycles. The minimum atomic E-state index is -1.49. The maximum absolute atomic E-state index is 8.87. The molecule has 1 N–H and O–H groups in total. The summed E-state index contributed by atoms with van der Waals surface area (Å²) in [5.74, 6) is 0. The van der Waals surface area contributed by atoms with E-state index in [0.29, 0.717) is 6.61 Å². The highest BCUT2D eigenvalue weighted by atomic mass is 28.4. The third kappa shape index (κ3) is 3.84. The van der Waals surface area contributed by atoms with Crippen molar-refractivity contribution in [2.24, 2.45) is 0 Å². The normalized spacial score (nSPS) is 15.6. The van der Waals surface area contributed by atoms with Crippen LogP contribution in [-0.4, -0.2) is 35.2 Å². The second kappa shape index (κ2) is 5.44. The van der Waals surface area contributed by atoms with Crippen LogP contribution in [0.1, 0.15) is 13.3 Å². The molecule has 0 aromatic carbocycles. The van der Waals surface area contributed by atoms with Crippen LogP contribution in [0.5, 0.6) is 0 Å². The highest BCUT2D eigenvalue weighted by Crippen LogP contribution is 2.34. The van der Waals surface area contributed by atoms with Crippen molar-refractivity contribution in [2.75, 3.05) is 13.7 Å². The summed E-state index contributed by atoms with van der Waals surface area (Å²) in [6, 6.07) is 1.21. The quantitative estimate of drug-likeness (QED) is 0.716. The molecule has 0 aromatic rings. The molecule has 86 valence electrons. The number of hydrogen-bond acceptors (Lipinski definition) is 2. The fourth-order valence-electron chi connectivity index (χ4n) is 1.87. The molecule has 0 rings (SSSR count). The van der Waals surface area contributed by atoms with E-state index < -0.39 is 16.4 Å². The van der Waals surface area contributed by atoms with Crippen molar-refractivity contribution in [1.29, 1.82) is 0 Å². The van der Waals surface area contributed by atoms with Gasteiger partial charge in [0.1, 0.15) is 0 Å². The predicted octanol–water partition coefficient (Wildman–Crippen LogP) is 2.86. The van der Waals surface area contributed by atoms with Crippen LogP contribution < -0.4 is 0 Å². The second-order valence-electron chi connectivity index (χ2n) is 5.35. The minimum Gasteiger partial charge on any atom is -0.420 e. The summed E-state index contributed by atoms with van der Waals surface area (Å²) in [5.41, 5.74) is 0. The predicted molar refractivity (Wildman–Crippen MR) is 67.9 cm³/mol. The molecule has 4 heteroatoms. The Bertz CT molecular complexity index is 170. The molecule has 0 heterocycles. The van der Waals surface area contributed by atoms with Crippen LogP contribution in [0.25, 0.3) is 0 Å². The Labute approximate surface area is 90.8 Å². The standard InChI is InChI=1S/C10H26O2Si2/c1-10(14(5,6)12-2)13(3,4)9-7-8-11/h10-11H,7-9H2,1-6H3. The lowest BCUT2D eigenvalue weighted by molar-refractivity contribution is 0.294. The largest absolute Gasteiger partial charge is 0.420 e. The first kappa shape index (κ1) is 14.4. The van der Waals surface area contributed by atoms with Crippen molar-refractivity contribution in [2.45, 2.75) is 50.7 Å². The molecular formula is C10H26O2Si2. The Morgan fingerprint density at radius 1 is 1.21 bits per heavy atom. The van der Waals surface area contributed by atoms with Gasteiger partial charge in [-0.25, -0.2) is 0 Å². The van der Waals surface area contributed by atoms with Gasteiger partial charge in [0.25, 0.3) is 0 Å². The van der Waals surface area contributed by atoms with E-state index in [1.165, 1.54) is 6.04 Å². The van der Waals surface area contributed by atoms with Gasteiger partial charge < -0.3 is 9.53 Å². The van der Waals surface area contributed by atoms with Gasteiger partial charge in [-0.15, -0.1) is 0 Å². The van der Waals surface area contributed by atoms with Crippen molar-refractivity contribution in [1.82, 2.24) is 0 Å². The monoisotopic (exact) mass is 234 g/mol. The second-order valence-corrected chi connectivity index (χ2v) is 15.7. The summed E-state index contributed by atoms with van der Waals surface area (Å²) in [4.78, 5) is 0. The molecule has 0 aromatic heterocycles. The van der Waals surface area contributed by atoms with Gasteiger partial charge in [-0.05, 0) is 24.7 Å². The fraction of sp³-hybridized carbons (Fsp3) is 1.00. The van der Waals surface area contributed by atoms with Crippen molar-refractivity contribution >= 4 is 16.4 Å². The van der Waals surface area contributed by atoms with E-state index in [1.807, 2.05) is 7.11 Å². The lowest BCUT2D eigenvalue weighted by Gasteiger charge is -2.38. The van der Waals surface area contributed by atoms with Crippen LogP contribution in [0, 0.1) is 0 Å². The molecule has 0 amide bonds. The molecule has 0 saturated heterocycles. The Balaban J connectivity index is 4.40. The van der Waals surface area contributed by atoms with Crippen LogP contribution in [0.4, 0.5) is 0 Å². The topological polar surface area (TPSA) is 29.5 Å². The summed E-state index contributed by atoms with van der Waals surface area (Å²) in [6.45, 7) is 12.1. The minimum absolute atomic E-state index is 0.331. The van der Waals surface area contributed by atoms with Gasteiger partial charge in [-0.1, -0.05) is 26.1 Å². The zero-order valence-corrected chi connectivity index (χ0v) is 12.6. The Morgan fingerprint density at radius 3 is 2.07 bits per heavy atom. The molecule has 0 radical (unpaired) electrons. The molecule has 1 unspecified atom stereocenters. The van der Waals surface area contributed by atoms with E-state index in [1.54, 1.807) is 0 Å². The average molecular weight is 234 g/mol. The van der Waals surface area contributed by atoms with Crippen molar-refractivity contribution in [3.05, 3.63) is 0 Å². The zero-order chi connectivity index (χ0) is 11.4. The smallest absolute Gasteiger partial charge is 0.186 e. The van der Waals surface area contributed by atoms with Crippen molar-refractivity contribution in [3.63, 3.8) is 0 Å². The summed E-state index contributed by atoms with van der Waals surface area (Å²) >= 11 is 0. The van der Waals surface area contributed by atoms with Gasteiger partial charge in [0, 0.05) is 21.8 Å². The van der Waals surface area contributed by atoms with Crippen LogP contribution in [0.3, 0.4) is 0 Å².